The molecule has 0 saturated heterocycles. The maximum atomic E-state index is 10.6. The highest BCUT2D eigenvalue weighted by molar-refractivity contribution is 5.55. The van der Waals surface area contributed by atoms with Crippen molar-refractivity contribution >= 4 is 11.4 Å². The highest BCUT2D eigenvalue weighted by Gasteiger charge is 2.10. The molecule has 0 aliphatic carbocycles. The number of non-ortho nitro benzene ring substituents is 1. The summed E-state index contributed by atoms with van der Waals surface area (Å²) in [6, 6.07) is 4.56. The number of hydrazine groups is 1. The maximum absolute atomic E-state index is 10.6. The summed E-state index contributed by atoms with van der Waals surface area (Å²) in [6.07, 6.45) is 0. The first-order valence-electron chi connectivity index (χ1n) is 4.43. The zero-order valence-electron chi connectivity index (χ0n) is 8.73. The number of rotatable bonds is 4. The van der Waals surface area contributed by atoms with E-state index in [1.54, 1.807) is 6.07 Å². The molecule has 1 rings (SSSR count). The van der Waals surface area contributed by atoms with E-state index >= 15 is 0 Å². The molecule has 0 atom stereocenters. The standard InChI is InChI=1S/C9H14N4O2/c1-12(2)6-7-5-8(13(14)15)3-4-9(7)11-10/h3-5,11H,6,10H2,1-2H3. The quantitative estimate of drug-likeness (QED) is 0.439. The lowest BCUT2D eigenvalue weighted by Crippen LogP contribution is -2.15. The van der Waals surface area contributed by atoms with Crippen LogP contribution in [-0.4, -0.2) is 23.9 Å². The molecule has 82 valence electrons. The van der Waals surface area contributed by atoms with E-state index in [2.05, 4.69) is 5.43 Å². The summed E-state index contributed by atoms with van der Waals surface area (Å²) in [5, 5.41) is 10.6. The average Bonchev–Trinajstić information content (AvgIpc) is 2.16. The molecule has 0 aromatic heterocycles. The molecule has 0 fully saturated rings. The highest BCUT2D eigenvalue weighted by atomic mass is 16.6. The molecule has 0 aliphatic heterocycles. The Hall–Kier alpha value is -1.66. The number of nitro groups is 1. The lowest BCUT2D eigenvalue weighted by molar-refractivity contribution is -0.384. The first kappa shape index (κ1) is 11.4. The van der Waals surface area contributed by atoms with Crippen LogP contribution in [0.5, 0.6) is 0 Å². The van der Waals surface area contributed by atoms with Gasteiger partial charge in [-0.05, 0) is 25.7 Å². The summed E-state index contributed by atoms with van der Waals surface area (Å²) in [7, 11) is 3.78. The van der Waals surface area contributed by atoms with Crippen LogP contribution in [0, 0.1) is 10.1 Å². The fourth-order valence-electron chi connectivity index (χ4n) is 1.31. The minimum absolute atomic E-state index is 0.0749. The molecular weight excluding hydrogens is 196 g/mol. The third-order valence-electron chi connectivity index (χ3n) is 1.94. The Bertz CT molecular complexity index is 365. The topological polar surface area (TPSA) is 84.4 Å². The summed E-state index contributed by atoms with van der Waals surface area (Å²) in [5.41, 5.74) is 4.10. The van der Waals surface area contributed by atoms with Crippen LogP contribution < -0.4 is 11.3 Å². The van der Waals surface area contributed by atoms with Gasteiger partial charge in [0.1, 0.15) is 0 Å². The second kappa shape index (κ2) is 4.72. The molecule has 0 unspecified atom stereocenters. The van der Waals surface area contributed by atoms with Crippen molar-refractivity contribution in [1.29, 1.82) is 0 Å². The van der Waals surface area contributed by atoms with Crippen molar-refractivity contribution in [3.05, 3.63) is 33.9 Å². The molecule has 3 N–H and O–H groups in total. The van der Waals surface area contributed by atoms with Crippen LogP contribution in [0.15, 0.2) is 18.2 Å². The second-order valence-electron chi connectivity index (χ2n) is 3.48. The van der Waals surface area contributed by atoms with Gasteiger partial charge in [-0.15, -0.1) is 0 Å². The van der Waals surface area contributed by atoms with Crippen LogP contribution in [0.2, 0.25) is 0 Å². The van der Waals surface area contributed by atoms with Gasteiger partial charge in [0, 0.05) is 18.7 Å². The normalized spacial score (nSPS) is 10.4. The van der Waals surface area contributed by atoms with Crippen molar-refractivity contribution in [3.8, 4) is 0 Å². The Balaban J connectivity index is 3.07. The van der Waals surface area contributed by atoms with Gasteiger partial charge in [0.05, 0.1) is 10.6 Å². The van der Waals surface area contributed by atoms with E-state index in [4.69, 9.17) is 5.84 Å². The van der Waals surface area contributed by atoms with Gasteiger partial charge in [0.25, 0.3) is 5.69 Å². The average molecular weight is 210 g/mol. The number of nitrogens with one attached hydrogen (secondary N) is 1. The Morgan fingerprint density at radius 2 is 2.20 bits per heavy atom. The van der Waals surface area contributed by atoms with Crippen LogP contribution in [-0.2, 0) is 6.54 Å². The molecule has 1 aromatic carbocycles. The zero-order chi connectivity index (χ0) is 11.4. The molecule has 0 saturated carbocycles. The third-order valence-corrected chi connectivity index (χ3v) is 1.94. The Kier molecular flexibility index (Phi) is 3.59. The maximum Gasteiger partial charge on any atom is 0.269 e. The fourth-order valence-corrected chi connectivity index (χ4v) is 1.31. The molecule has 0 bridgehead atoms. The highest BCUT2D eigenvalue weighted by Crippen LogP contribution is 2.22. The van der Waals surface area contributed by atoms with E-state index in [0.29, 0.717) is 12.2 Å². The summed E-state index contributed by atoms with van der Waals surface area (Å²) < 4.78 is 0. The summed E-state index contributed by atoms with van der Waals surface area (Å²) in [4.78, 5) is 12.1. The van der Waals surface area contributed by atoms with Crippen molar-refractivity contribution in [2.45, 2.75) is 6.54 Å². The third kappa shape index (κ3) is 2.90. The van der Waals surface area contributed by atoms with E-state index in [1.807, 2.05) is 19.0 Å². The first-order valence-corrected chi connectivity index (χ1v) is 4.43. The van der Waals surface area contributed by atoms with E-state index < -0.39 is 4.92 Å². The smallest absolute Gasteiger partial charge is 0.269 e. The van der Waals surface area contributed by atoms with Crippen molar-refractivity contribution in [2.24, 2.45) is 5.84 Å². The van der Waals surface area contributed by atoms with Crippen molar-refractivity contribution in [3.63, 3.8) is 0 Å². The number of nitrogen functional groups attached to an aromatic ring is 1. The lowest BCUT2D eigenvalue weighted by Gasteiger charge is -2.13. The second-order valence-corrected chi connectivity index (χ2v) is 3.48. The molecule has 0 amide bonds. The molecule has 0 aliphatic rings. The van der Waals surface area contributed by atoms with Crippen LogP contribution in [0.4, 0.5) is 11.4 Å². The zero-order valence-corrected chi connectivity index (χ0v) is 8.73. The number of nitrogens with two attached hydrogens (primary N) is 1. The molecule has 1 aromatic rings. The predicted octanol–water partition coefficient (Wildman–Crippen LogP) is 0.942. The number of nitro benzene ring substituents is 1. The van der Waals surface area contributed by atoms with Gasteiger partial charge in [-0.25, -0.2) is 0 Å². The predicted molar refractivity (Wildman–Crippen MR) is 58.3 cm³/mol. The van der Waals surface area contributed by atoms with Gasteiger partial charge in [-0.3, -0.25) is 16.0 Å². The first-order chi connectivity index (χ1) is 7.04. The minimum atomic E-state index is -0.417. The number of benzene rings is 1. The van der Waals surface area contributed by atoms with Gasteiger partial charge in [-0.1, -0.05) is 0 Å². The van der Waals surface area contributed by atoms with Gasteiger partial charge in [-0.2, -0.15) is 0 Å². The summed E-state index contributed by atoms with van der Waals surface area (Å²) in [6.45, 7) is 0.598. The molecule has 0 heterocycles. The van der Waals surface area contributed by atoms with Gasteiger partial charge >= 0.3 is 0 Å². The largest absolute Gasteiger partial charge is 0.324 e. The van der Waals surface area contributed by atoms with Crippen LogP contribution >= 0.6 is 0 Å². The Labute approximate surface area is 87.8 Å². The summed E-state index contributed by atoms with van der Waals surface area (Å²) in [5.74, 6) is 5.31. The van der Waals surface area contributed by atoms with Crippen molar-refractivity contribution in [2.75, 3.05) is 19.5 Å². The lowest BCUT2D eigenvalue weighted by atomic mass is 10.1. The fraction of sp³-hybridized carbons (Fsp3) is 0.333. The monoisotopic (exact) mass is 210 g/mol. The summed E-state index contributed by atoms with van der Waals surface area (Å²) >= 11 is 0. The van der Waals surface area contributed by atoms with E-state index in [9.17, 15) is 10.1 Å². The number of hydrogen-bond acceptors (Lipinski definition) is 5. The molecule has 15 heavy (non-hydrogen) atoms. The molecular formula is C9H14N4O2. The van der Waals surface area contributed by atoms with Crippen LogP contribution in [0.3, 0.4) is 0 Å². The van der Waals surface area contributed by atoms with Crippen molar-refractivity contribution < 1.29 is 4.92 Å². The molecule has 0 radical (unpaired) electrons. The molecule has 0 spiro atoms. The SMILES string of the molecule is CN(C)Cc1cc([N+](=O)[O-])ccc1NN. The van der Waals surface area contributed by atoms with Gasteiger partial charge in [0.2, 0.25) is 0 Å². The van der Waals surface area contributed by atoms with Gasteiger partial charge < -0.3 is 10.3 Å². The number of anilines is 1. The van der Waals surface area contributed by atoms with Crippen LogP contribution in [0.25, 0.3) is 0 Å². The van der Waals surface area contributed by atoms with E-state index in [1.165, 1.54) is 12.1 Å². The number of nitrogens with zero attached hydrogens (tertiary/aromatic N) is 2. The Morgan fingerprint density at radius 1 is 1.53 bits per heavy atom. The Morgan fingerprint density at radius 3 is 2.67 bits per heavy atom. The molecule has 6 nitrogen and oxygen atoms in total. The number of hydrogen-bond donors (Lipinski definition) is 2. The van der Waals surface area contributed by atoms with E-state index in [-0.39, 0.29) is 5.69 Å². The van der Waals surface area contributed by atoms with Crippen molar-refractivity contribution in [1.82, 2.24) is 4.90 Å². The van der Waals surface area contributed by atoms with Crippen LogP contribution in [0.1, 0.15) is 5.56 Å². The van der Waals surface area contributed by atoms with E-state index in [0.717, 1.165) is 5.56 Å². The van der Waals surface area contributed by atoms with Gasteiger partial charge in [0.15, 0.2) is 0 Å². The molecule has 6 heteroatoms. The minimum Gasteiger partial charge on any atom is -0.324 e.